The van der Waals surface area contributed by atoms with Gasteiger partial charge in [-0.25, -0.2) is 19.6 Å². The number of pyridine rings is 1. The van der Waals surface area contributed by atoms with E-state index in [0.717, 1.165) is 5.56 Å². The molecule has 1 aromatic carbocycles. The summed E-state index contributed by atoms with van der Waals surface area (Å²) in [5.41, 5.74) is 2.05. The van der Waals surface area contributed by atoms with E-state index in [4.69, 9.17) is 9.15 Å². The maximum atomic E-state index is 12.1. The molecule has 0 aliphatic heterocycles. The van der Waals surface area contributed by atoms with Crippen molar-refractivity contribution in [3.8, 4) is 33.5 Å². The second kappa shape index (κ2) is 10.0. The first-order valence-corrected chi connectivity index (χ1v) is 11.0. The van der Waals surface area contributed by atoms with E-state index in [1.165, 1.54) is 17.5 Å². The van der Waals surface area contributed by atoms with Crippen LogP contribution in [-0.4, -0.2) is 45.3 Å². The van der Waals surface area contributed by atoms with Gasteiger partial charge in [-0.05, 0) is 32.0 Å². The second-order valence-electron chi connectivity index (χ2n) is 6.64. The highest BCUT2D eigenvalue weighted by Gasteiger charge is 2.21. The van der Waals surface area contributed by atoms with Crippen LogP contribution in [0.4, 0.5) is 10.6 Å². The quantitative estimate of drug-likeness (QED) is 0.388. The topological polar surface area (TPSA) is 132 Å². The summed E-state index contributed by atoms with van der Waals surface area (Å²) in [6.07, 6.45) is 1.54. The monoisotopic (exact) mass is 464 g/mol. The number of hydrogen-bond donors (Lipinski definition) is 2. The summed E-state index contributed by atoms with van der Waals surface area (Å²) in [7, 11) is 0. The van der Waals surface area contributed by atoms with Gasteiger partial charge in [-0.1, -0.05) is 18.2 Å². The first-order chi connectivity index (χ1) is 16.1. The van der Waals surface area contributed by atoms with Crippen LogP contribution < -0.4 is 10.6 Å². The molecule has 2 amide bonds. The predicted molar refractivity (Wildman–Crippen MR) is 123 cm³/mol. The molecule has 0 aliphatic rings. The van der Waals surface area contributed by atoms with Crippen LogP contribution in [0.5, 0.6) is 0 Å². The van der Waals surface area contributed by atoms with E-state index >= 15 is 0 Å². The van der Waals surface area contributed by atoms with Gasteiger partial charge in [-0.15, -0.1) is 21.5 Å². The lowest BCUT2D eigenvalue weighted by atomic mass is 10.1. The summed E-state index contributed by atoms with van der Waals surface area (Å²) in [4.78, 5) is 32.7. The lowest BCUT2D eigenvalue weighted by Gasteiger charge is -2.08. The first kappa shape index (κ1) is 22.1. The highest BCUT2D eigenvalue weighted by atomic mass is 32.1. The molecule has 0 unspecified atom stereocenters. The molecular weight excluding hydrogens is 444 g/mol. The van der Waals surface area contributed by atoms with Gasteiger partial charge in [0.1, 0.15) is 10.8 Å². The lowest BCUT2D eigenvalue weighted by Crippen LogP contribution is -2.28. The Morgan fingerprint density at radius 2 is 1.88 bits per heavy atom. The molecule has 0 saturated carbocycles. The number of thiazole rings is 1. The number of urea groups is 1. The molecule has 0 radical (unpaired) electrons. The average Bonchev–Trinajstić information content (AvgIpc) is 3.50. The average molecular weight is 465 g/mol. The highest BCUT2D eigenvalue weighted by Crippen LogP contribution is 2.35. The number of benzene rings is 1. The van der Waals surface area contributed by atoms with Gasteiger partial charge in [-0.2, -0.15) is 0 Å². The van der Waals surface area contributed by atoms with Crippen molar-refractivity contribution in [2.75, 3.05) is 18.5 Å². The van der Waals surface area contributed by atoms with Gasteiger partial charge in [0.25, 0.3) is 0 Å². The van der Waals surface area contributed by atoms with Gasteiger partial charge in [0.2, 0.25) is 11.8 Å². The summed E-state index contributed by atoms with van der Waals surface area (Å²) < 4.78 is 10.9. The molecule has 4 rings (SSSR count). The normalized spacial score (nSPS) is 10.6. The fourth-order valence-electron chi connectivity index (χ4n) is 2.92. The fraction of sp³-hybridized carbons (Fsp3) is 0.182. The van der Waals surface area contributed by atoms with Gasteiger partial charge in [-0.3, -0.25) is 5.32 Å². The number of ether oxygens (including phenoxy) is 1. The van der Waals surface area contributed by atoms with Gasteiger partial charge >= 0.3 is 12.0 Å². The Morgan fingerprint density at radius 3 is 2.64 bits per heavy atom. The van der Waals surface area contributed by atoms with Gasteiger partial charge in [0, 0.05) is 29.2 Å². The number of rotatable bonds is 7. The van der Waals surface area contributed by atoms with Crippen molar-refractivity contribution in [3.63, 3.8) is 0 Å². The minimum Gasteiger partial charge on any atom is -0.461 e. The van der Waals surface area contributed by atoms with Crippen LogP contribution in [0.25, 0.3) is 33.5 Å². The van der Waals surface area contributed by atoms with Crippen molar-refractivity contribution in [1.29, 1.82) is 0 Å². The van der Waals surface area contributed by atoms with Crippen molar-refractivity contribution in [2.24, 2.45) is 0 Å². The minimum atomic E-state index is -0.506. The Bertz CT molecular complexity index is 1270. The Labute approximate surface area is 193 Å². The molecule has 10 nitrogen and oxygen atoms in total. The molecule has 4 aromatic rings. The molecule has 3 heterocycles. The number of nitrogens with one attached hydrogen (secondary N) is 2. The molecule has 0 fully saturated rings. The van der Waals surface area contributed by atoms with Crippen LogP contribution in [0.15, 0.2) is 52.4 Å². The molecule has 0 bridgehead atoms. The van der Waals surface area contributed by atoms with Crippen molar-refractivity contribution in [2.45, 2.75) is 13.8 Å². The second-order valence-corrected chi connectivity index (χ2v) is 7.49. The third-order valence-electron chi connectivity index (χ3n) is 4.38. The molecule has 3 aromatic heterocycles. The maximum Gasteiger partial charge on any atom is 0.357 e. The summed E-state index contributed by atoms with van der Waals surface area (Å²) in [5.74, 6) is 0.352. The molecule has 0 saturated heterocycles. The van der Waals surface area contributed by atoms with E-state index in [1.807, 2.05) is 37.3 Å². The van der Waals surface area contributed by atoms with Crippen molar-refractivity contribution in [1.82, 2.24) is 25.5 Å². The molecule has 168 valence electrons. The van der Waals surface area contributed by atoms with Crippen LogP contribution in [-0.2, 0) is 4.74 Å². The Kier molecular flexibility index (Phi) is 6.69. The van der Waals surface area contributed by atoms with E-state index in [1.54, 1.807) is 18.4 Å². The van der Waals surface area contributed by atoms with E-state index < -0.39 is 12.0 Å². The molecule has 0 aliphatic carbocycles. The third kappa shape index (κ3) is 5.04. The number of carbonyl (C=O) groups is 2. The van der Waals surface area contributed by atoms with Crippen LogP contribution in [0.2, 0.25) is 0 Å². The molecular formula is C22H20N6O4S. The lowest BCUT2D eigenvalue weighted by molar-refractivity contribution is 0.0520. The number of hydrogen-bond acceptors (Lipinski definition) is 9. The predicted octanol–water partition coefficient (Wildman–Crippen LogP) is 4.24. The number of aromatic nitrogens is 4. The Hall–Kier alpha value is -4.12. The van der Waals surface area contributed by atoms with Crippen LogP contribution >= 0.6 is 11.3 Å². The summed E-state index contributed by atoms with van der Waals surface area (Å²) in [5, 5.41) is 15.8. The van der Waals surface area contributed by atoms with Crippen LogP contribution in [0, 0.1) is 0 Å². The van der Waals surface area contributed by atoms with E-state index in [0.29, 0.717) is 34.4 Å². The number of amides is 2. The zero-order valence-corrected chi connectivity index (χ0v) is 18.7. The molecule has 11 heteroatoms. The number of anilines is 1. The smallest absolute Gasteiger partial charge is 0.357 e. The largest absolute Gasteiger partial charge is 0.461 e. The Balaban J connectivity index is 1.75. The zero-order chi connectivity index (χ0) is 23.2. The van der Waals surface area contributed by atoms with Crippen molar-refractivity contribution in [3.05, 3.63) is 53.7 Å². The van der Waals surface area contributed by atoms with Gasteiger partial charge < -0.3 is 14.5 Å². The van der Waals surface area contributed by atoms with Crippen molar-refractivity contribution < 1.29 is 18.7 Å². The highest BCUT2D eigenvalue weighted by molar-refractivity contribution is 7.13. The number of carbonyl (C=O) groups excluding carboxylic acids is 2. The fourth-order valence-corrected chi connectivity index (χ4v) is 3.73. The molecule has 0 spiro atoms. The van der Waals surface area contributed by atoms with E-state index in [2.05, 4.69) is 30.8 Å². The first-order valence-electron chi connectivity index (χ1n) is 10.2. The third-order valence-corrected chi connectivity index (χ3v) is 5.25. The van der Waals surface area contributed by atoms with Crippen LogP contribution in [0.3, 0.4) is 0 Å². The van der Waals surface area contributed by atoms with Gasteiger partial charge in [0.05, 0.1) is 12.2 Å². The summed E-state index contributed by atoms with van der Waals surface area (Å²) in [6.45, 7) is 4.27. The van der Waals surface area contributed by atoms with Crippen molar-refractivity contribution >= 4 is 29.2 Å². The zero-order valence-electron chi connectivity index (χ0n) is 17.9. The SMILES string of the molecule is CCNC(=O)Nc1cc(-c2nnc(-c3ccccc3)o2)c(-c2nc(C(=O)OCC)cs2)cn1. The minimum absolute atomic E-state index is 0.197. The van der Waals surface area contributed by atoms with E-state index in [-0.39, 0.29) is 18.2 Å². The number of nitrogens with zero attached hydrogens (tertiary/aromatic N) is 4. The number of esters is 1. The van der Waals surface area contributed by atoms with Gasteiger partial charge in [0.15, 0.2) is 5.69 Å². The summed E-state index contributed by atoms with van der Waals surface area (Å²) in [6, 6.07) is 10.6. The Morgan fingerprint density at radius 1 is 1.09 bits per heavy atom. The molecule has 2 N–H and O–H groups in total. The van der Waals surface area contributed by atoms with Crippen LogP contribution in [0.1, 0.15) is 24.3 Å². The van der Waals surface area contributed by atoms with E-state index in [9.17, 15) is 9.59 Å². The standard InChI is InChI=1S/C22H20N6O4S/c1-3-23-22(30)26-17-10-14(19-28-27-18(32-19)13-8-6-5-7-9-13)15(11-24-17)20-25-16(12-33-20)21(29)31-4-2/h5-12H,3-4H2,1-2H3,(H2,23,24,26,30). The maximum absolute atomic E-state index is 12.1. The molecule has 0 atom stereocenters. The molecule has 33 heavy (non-hydrogen) atoms. The summed E-state index contributed by atoms with van der Waals surface area (Å²) >= 11 is 1.26.